The lowest BCUT2D eigenvalue weighted by Gasteiger charge is -2.07. The third-order valence-electron chi connectivity index (χ3n) is 3.43. The van der Waals surface area contributed by atoms with E-state index in [2.05, 4.69) is 15.5 Å². The number of ether oxygens (including phenoxy) is 1. The van der Waals surface area contributed by atoms with Crippen LogP contribution >= 0.6 is 11.8 Å². The molecule has 0 aliphatic rings. The van der Waals surface area contributed by atoms with E-state index in [1.165, 1.54) is 11.8 Å². The highest BCUT2D eigenvalue weighted by atomic mass is 32.2. The number of hydrogen-bond donors (Lipinski definition) is 1. The highest BCUT2D eigenvalue weighted by Gasteiger charge is 2.08. The van der Waals surface area contributed by atoms with Crippen LogP contribution in [0.4, 0.5) is 5.69 Å². The molecule has 3 aromatic rings. The standard InChI is InChI=1S/C19H17N3O2S/c1-24-17-10-6-5-9-15(17)16-11-12-19(22-21-16)25-13-18(23)20-14-7-3-2-4-8-14/h2-12H,13H2,1H3,(H,20,23). The largest absolute Gasteiger partial charge is 0.496 e. The average Bonchev–Trinajstić information content (AvgIpc) is 2.67. The number of nitrogens with zero attached hydrogens (tertiary/aromatic N) is 2. The van der Waals surface area contributed by atoms with Gasteiger partial charge in [-0.2, -0.15) is 0 Å². The monoisotopic (exact) mass is 351 g/mol. The Morgan fingerprint density at radius 2 is 1.76 bits per heavy atom. The molecule has 0 atom stereocenters. The average molecular weight is 351 g/mol. The van der Waals surface area contributed by atoms with Crippen LogP contribution in [-0.4, -0.2) is 29.0 Å². The number of carbonyl (C=O) groups is 1. The Morgan fingerprint density at radius 1 is 1.00 bits per heavy atom. The van der Waals surface area contributed by atoms with Crippen molar-refractivity contribution in [1.29, 1.82) is 0 Å². The van der Waals surface area contributed by atoms with Crippen molar-refractivity contribution in [2.45, 2.75) is 5.03 Å². The van der Waals surface area contributed by atoms with Crippen LogP contribution in [0.2, 0.25) is 0 Å². The normalized spacial score (nSPS) is 10.3. The molecule has 1 heterocycles. The summed E-state index contributed by atoms with van der Waals surface area (Å²) in [6, 6.07) is 20.8. The molecule has 1 N–H and O–H groups in total. The summed E-state index contributed by atoms with van der Waals surface area (Å²) < 4.78 is 5.34. The molecule has 0 saturated heterocycles. The van der Waals surface area contributed by atoms with Gasteiger partial charge in [-0.25, -0.2) is 0 Å². The second-order valence-corrected chi connectivity index (χ2v) is 6.16. The number of carbonyl (C=O) groups excluding carboxylic acids is 1. The maximum absolute atomic E-state index is 12.0. The lowest BCUT2D eigenvalue weighted by molar-refractivity contribution is -0.113. The topological polar surface area (TPSA) is 64.1 Å². The van der Waals surface area contributed by atoms with E-state index in [-0.39, 0.29) is 11.7 Å². The minimum Gasteiger partial charge on any atom is -0.496 e. The van der Waals surface area contributed by atoms with Crippen LogP contribution in [0, 0.1) is 0 Å². The van der Waals surface area contributed by atoms with Gasteiger partial charge in [0.1, 0.15) is 10.8 Å². The van der Waals surface area contributed by atoms with Gasteiger partial charge in [0.15, 0.2) is 0 Å². The third kappa shape index (κ3) is 4.58. The van der Waals surface area contributed by atoms with Crippen molar-refractivity contribution >= 4 is 23.4 Å². The zero-order chi connectivity index (χ0) is 17.5. The number of para-hydroxylation sites is 2. The van der Waals surface area contributed by atoms with Gasteiger partial charge < -0.3 is 10.1 Å². The summed E-state index contributed by atoms with van der Waals surface area (Å²) in [5, 5.41) is 12.0. The molecule has 3 rings (SSSR count). The van der Waals surface area contributed by atoms with Crippen molar-refractivity contribution < 1.29 is 9.53 Å². The molecule has 0 aliphatic carbocycles. The summed E-state index contributed by atoms with van der Waals surface area (Å²) in [5.41, 5.74) is 2.40. The summed E-state index contributed by atoms with van der Waals surface area (Å²) in [5.74, 6) is 0.948. The molecule has 0 fully saturated rings. The van der Waals surface area contributed by atoms with Crippen LogP contribution < -0.4 is 10.1 Å². The van der Waals surface area contributed by atoms with Gasteiger partial charge in [-0.1, -0.05) is 42.1 Å². The summed E-state index contributed by atoms with van der Waals surface area (Å²) in [7, 11) is 1.63. The van der Waals surface area contributed by atoms with Gasteiger partial charge in [-0.15, -0.1) is 10.2 Å². The first-order chi connectivity index (χ1) is 12.3. The molecule has 6 heteroatoms. The van der Waals surface area contributed by atoms with E-state index in [1.54, 1.807) is 7.11 Å². The fraction of sp³-hybridized carbons (Fsp3) is 0.105. The minimum atomic E-state index is -0.0770. The summed E-state index contributed by atoms with van der Waals surface area (Å²) in [6.45, 7) is 0. The van der Waals surface area contributed by atoms with E-state index in [9.17, 15) is 4.79 Å². The van der Waals surface area contributed by atoms with Crippen molar-refractivity contribution in [1.82, 2.24) is 10.2 Å². The lowest BCUT2D eigenvalue weighted by atomic mass is 10.1. The second-order valence-electron chi connectivity index (χ2n) is 5.16. The molecule has 0 spiro atoms. The number of aromatic nitrogens is 2. The Morgan fingerprint density at radius 3 is 2.48 bits per heavy atom. The maximum Gasteiger partial charge on any atom is 0.234 e. The molecule has 1 aromatic heterocycles. The predicted octanol–water partition coefficient (Wildman–Crippen LogP) is 3.88. The molecule has 1 amide bonds. The lowest BCUT2D eigenvalue weighted by Crippen LogP contribution is -2.13. The molecule has 0 saturated carbocycles. The number of rotatable bonds is 6. The quantitative estimate of drug-likeness (QED) is 0.683. The molecular formula is C19H17N3O2S. The van der Waals surface area contributed by atoms with E-state index in [0.29, 0.717) is 5.03 Å². The molecule has 0 aliphatic heterocycles. The Balaban J connectivity index is 1.60. The fourth-order valence-electron chi connectivity index (χ4n) is 2.25. The van der Waals surface area contributed by atoms with E-state index in [1.807, 2.05) is 66.7 Å². The molecule has 0 radical (unpaired) electrons. The van der Waals surface area contributed by atoms with E-state index >= 15 is 0 Å². The Labute approximate surface area is 150 Å². The number of benzene rings is 2. The molecule has 2 aromatic carbocycles. The summed E-state index contributed by atoms with van der Waals surface area (Å²) >= 11 is 1.34. The molecule has 0 bridgehead atoms. The van der Waals surface area contributed by atoms with Gasteiger partial charge in [0.05, 0.1) is 18.6 Å². The molecule has 0 unspecified atom stereocenters. The Bertz CT molecular complexity index is 839. The van der Waals surface area contributed by atoms with Crippen molar-refractivity contribution in [2.24, 2.45) is 0 Å². The van der Waals surface area contributed by atoms with Crippen molar-refractivity contribution in [3.63, 3.8) is 0 Å². The summed E-state index contributed by atoms with van der Waals surface area (Å²) in [6.07, 6.45) is 0. The molecular weight excluding hydrogens is 334 g/mol. The summed E-state index contributed by atoms with van der Waals surface area (Å²) in [4.78, 5) is 12.0. The Hall–Kier alpha value is -2.86. The van der Waals surface area contributed by atoms with Gasteiger partial charge in [0.25, 0.3) is 0 Å². The van der Waals surface area contributed by atoms with Gasteiger partial charge in [0, 0.05) is 11.3 Å². The SMILES string of the molecule is COc1ccccc1-c1ccc(SCC(=O)Nc2ccccc2)nn1. The Kier molecular flexibility index (Phi) is 5.64. The minimum absolute atomic E-state index is 0.0770. The first-order valence-corrected chi connectivity index (χ1v) is 8.69. The van der Waals surface area contributed by atoms with Gasteiger partial charge in [0.2, 0.25) is 5.91 Å². The molecule has 5 nitrogen and oxygen atoms in total. The smallest absolute Gasteiger partial charge is 0.234 e. The van der Waals surface area contributed by atoms with Crippen LogP contribution in [0.15, 0.2) is 71.8 Å². The zero-order valence-corrected chi connectivity index (χ0v) is 14.5. The highest BCUT2D eigenvalue weighted by Crippen LogP contribution is 2.28. The number of methoxy groups -OCH3 is 1. The number of nitrogens with one attached hydrogen (secondary N) is 1. The first kappa shape index (κ1) is 17.0. The highest BCUT2D eigenvalue weighted by molar-refractivity contribution is 7.99. The molecule has 126 valence electrons. The van der Waals surface area contributed by atoms with Crippen LogP contribution in [0.1, 0.15) is 0 Å². The number of thioether (sulfide) groups is 1. The van der Waals surface area contributed by atoms with Crippen LogP contribution in [-0.2, 0) is 4.79 Å². The van der Waals surface area contributed by atoms with Crippen molar-refractivity contribution in [3.8, 4) is 17.0 Å². The molecule has 25 heavy (non-hydrogen) atoms. The van der Waals surface area contributed by atoms with E-state index in [0.717, 1.165) is 22.7 Å². The van der Waals surface area contributed by atoms with E-state index < -0.39 is 0 Å². The van der Waals surface area contributed by atoms with Crippen LogP contribution in [0.5, 0.6) is 5.75 Å². The third-order valence-corrected chi connectivity index (χ3v) is 4.35. The first-order valence-electron chi connectivity index (χ1n) is 7.71. The van der Waals surface area contributed by atoms with Crippen LogP contribution in [0.25, 0.3) is 11.3 Å². The van der Waals surface area contributed by atoms with E-state index in [4.69, 9.17) is 4.74 Å². The zero-order valence-electron chi connectivity index (χ0n) is 13.7. The number of hydrogen-bond acceptors (Lipinski definition) is 5. The number of amides is 1. The number of anilines is 1. The van der Waals surface area contributed by atoms with Gasteiger partial charge in [-0.3, -0.25) is 4.79 Å². The van der Waals surface area contributed by atoms with Crippen molar-refractivity contribution in [2.75, 3.05) is 18.2 Å². The van der Waals surface area contributed by atoms with Crippen molar-refractivity contribution in [3.05, 3.63) is 66.7 Å². The van der Waals surface area contributed by atoms with Gasteiger partial charge in [-0.05, 0) is 36.4 Å². The fourth-order valence-corrected chi connectivity index (χ4v) is 2.87. The predicted molar refractivity (Wildman–Crippen MR) is 99.8 cm³/mol. The second kappa shape index (κ2) is 8.30. The van der Waals surface area contributed by atoms with Gasteiger partial charge >= 0.3 is 0 Å². The van der Waals surface area contributed by atoms with Crippen LogP contribution in [0.3, 0.4) is 0 Å². The maximum atomic E-state index is 12.0.